The molecule has 0 radical (unpaired) electrons. The Morgan fingerprint density at radius 1 is 1.54 bits per heavy atom. The number of unbranched alkanes of at least 4 members (excludes halogenated alkanes) is 1. The van der Waals surface area contributed by atoms with Crippen LogP contribution in [0.25, 0.3) is 0 Å². The lowest BCUT2D eigenvalue weighted by atomic mass is 10.1. The molecule has 13 heavy (non-hydrogen) atoms. The van der Waals surface area contributed by atoms with Crippen molar-refractivity contribution < 1.29 is 0 Å². The van der Waals surface area contributed by atoms with Gasteiger partial charge in [-0.1, -0.05) is 0 Å². The Kier molecular flexibility index (Phi) is 4.27. The molecule has 1 fully saturated rings. The molecule has 1 aliphatic rings. The van der Waals surface area contributed by atoms with E-state index in [2.05, 4.69) is 30.0 Å². The third-order valence-corrected chi connectivity index (χ3v) is 2.66. The number of nitrogens with one attached hydrogen (secondary N) is 1. The van der Waals surface area contributed by atoms with Crippen LogP contribution in [0.5, 0.6) is 0 Å². The predicted molar refractivity (Wildman–Crippen MR) is 56.6 cm³/mol. The molecule has 0 aliphatic carbocycles. The topological polar surface area (TPSA) is 15.3 Å². The van der Waals surface area contributed by atoms with Gasteiger partial charge < -0.3 is 5.32 Å². The van der Waals surface area contributed by atoms with Crippen LogP contribution < -0.4 is 5.32 Å². The Morgan fingerprint density at radius 2 is 2.31 bits per heavy atom. The van der Waals surface area contributed by atoms with Crippen LogP contribution in [0, 0.1) is 12.3 Å². The van der Waals surface area contributed by atoms with Crippen LogP contribution >= 0.6 is 0 Å². The lowest BCUT2D eigenvalue weighted by Crippen LogP contribution is -2.54. The smallest absolute Gasteiger partial charge is 0.0193 e. The third-order valence-electron chi connectivity index (χ3n) is 2.66. The van der Waals surface area contributed by atoms with Crippen LogP contribution in [0.1, 0.15) is 26.7 Å². The van der Waals surface area contributed by atoms with Gasteiger partial charge in [0.1, 0.15) is 0 Å². The normalized spacial score (nSPS) is 29.9. The second kappa shape index (κ2) is 5.26. The van der Waals surface area contributed by atoms with Gasteiger partial charge in [0, 0.05) is 31.6 Å². The lowest BCUT2D eigenvalue weighted by molar-refractivity contribution is 0.145. The fraction of sp³-hybridized carbons (Fsp3) is 0.818. The van der Waals surface area contributed by atoms with E-state index in [1.54, 1.807) is 0 Å². The van der Waals surface area contributed by atoms with Gasteiger partial charge in [0.05, 0.1) is 0 Å². The van der Waals surface area contributed by atoms with Gasteiger partial charge in [-0.3, -0.25) is 4.90 Å². The van der Waals surface area contributed by atoms with Crippen molar-refractivity contribution in [1.29, 1.82) is 0 Å². The standard InChI is InChI=1S/C11H20N2/c1-4-5-6-7-13-9-10(2)12-8-11(13)3/h1,10-12H,5-9H2,2-3H3. The van der Waals surface area contributed by atoms with Gasteiger partial charge in [-0.15, -0.1) is 12.3 Å². The van der Waals surface area contributed by atoms with Crippen LogP contribution in [-0.2, 0) is 0 Å². The highest BCUT2D eigenvalue weighted by Gasteiger charge is 2.20. The first-order valence-corrected chi connectivity index (χ1v) is 5.15. The largest absolute Gasteiger partial charge is 0.311 e. The average Bonchev–Trinajstić information content (AvgIpc) is 2.11. The molecule has 0 aromatic rings. The monoisotopic (exact) mass is 180 g/mol. The fourth-order valence-corrected chi connectivity index (χ4v) is 1.79. The summed E-state index contributed by atoms with van der Waals surface area (Å²) in [5.41, 5.74) is 0. The first-order valence-electron chi connectivity index (χ1n) is 5.15. The summed E-state index contributed by atoms with van der Waals surface area (Å²) in [6, 6.07) is 1.29. The summed E-state index contributed by atoms with van der Waals surface area (Å²) in [6.07, 6.45) is 7.27. The molecular weight excluding hydrogens is 160 g/mol. The second-order valence-electron chi connectivity index (χ2n) is 3.96. The molecule has 2 unspecified atom stereocenters. The Bertz CT molecular complexity index is 183. The van der Waals surface area contributed by atoms with Crippen LogP contribution in [0.2, 0.25) is 0 Å². The van der Waals surface area contributed by atoms with Gasteiger partial charge in [-0.25, -0.2) is 0 Å². The van der Waals surface area contributed by atoms with E-state index in [-0.39, 0.29) is 0 Å². The van der Waals surface area contributed by atoms with Gasteiger partial charge in [0.2, 0.25) is 0 Å². The van der Waals surface area contributed by atoms with Crippen molar-refractivity contribution in [3.05, 3.63) is 0 Å². The highest BCUT2D eigenvalue weighted by Crippen LogP contribution is 2.07. The molecule has 2 heteroatoms. The first-order chi connectivity index (χ1) is 6.24. The van der Waals surface area contributed by atoms with Crippen molar-refractivity contribution in [2.75, 3.05) is 19.6 Å². The number of hydrogen-bond donors (Lipinski definition) is 1. The van der Waals surface area contributed by atoms with Crippen molar-refractivity contribution in [2.24, 2.45) is 0 Å². The fourth-order valence-electron chi connectivity index (χ4n) is 1.79. The van der Waals surface area contributed by atoms with Crippen molar-refractivity contribution in [3.8, 4) is 12.3 Å². The second-order valence-corrected chi connectivity index (χ2v) is 3.96. The maximum atomic E-state index is 5.23. The van der Waals surface area contributed by atoms with E-state index in [1.807, 2.05) is 0 Å². The zero-order valence-electron chi connectivity index (χ0n) is 8.71. The number of piperazine rings is 1. The summed E-state index contributed by atoms with van der Waals surface area (Å²) in [5, 5.41) is 3.47. The molecule has 1 saturated heterocycles. The number of rotatable bonds is 3. The lowest BCUT2D eigenvalue weighted by Gasteiger charge is -2.37. The van der Waals surface area contributed by atoms with Crippen molar-refractivity contribution in [1.82, 2.24) is 10.2 Å². The Hall–Kier alpha value is -0.520. The average molecular weight is 180 g/mol. The molecule has 1 aliphatic heterocycles. The van der Waals surface area contributed by atoms with E-state index in [4.69, 9.17) is 6.42 Å². The summed E-state index contributed by atoms with van der Waals surface area (Å²) >= 11 is 0. The van der Waals surface area contributed by atoms with Gasteiger partial charge >= 0.3 is 0 Å². The zero-order valence-corrected chi connectivity index (χ0v) is 8.71. The highest BCUT2D eigenvalue weighted by molar-refractivity contribution is 4.85. The minimum absolute atomic E-state index is 0.627. The van der Waals surface area contributed by atoms with Crippen LogP contribution in [0.15, 0.2) is 0 Å². The van der Waals surface area contributed by atoms with Crippen molar-refractivity contribution >= 4 is 0 Å². The van der Waals surface area contributed by atoms with E-state index < -0.39 is 0 Å². The SMILES string of the molecule is C#CCCCN1CC(C)NCC1C. The Labute approximate surface area is 81.7 Å². The molecule has 0 spiro atoms. The molecule has 1 N–H and O–H groups in total. The molecule has 1 rings (SSSR count). The van der Waals surface area contributed by atoms with Gasteiger partial charge in [0.15, 0.2) is 0 Å². The maximum absolute atomic E-state index is 5.23. The molecule has 0 aromatic carbocycles. The van der Waals surface area contributed by atoms with E-state index in [1.165, 1.54) is 0 Å². The minimum atomic E-state index is 0.627. The van der Waals surface area contributed by atoms with Gasteiger partial charge in [0.25, 0.3) is 0 Å². The predicted octanol–water partition coefficient (Wildman–Crippen LogP) is 1.08. The molecule has 1 heterocycles. The van der Waals surface area contributed by atoms with E-state index in [0.29, 0.717) is 12.1 Å². The zero-order chi connectivity index (χ0) is 9.68. The summed E-state index contributed by atoms with van der Waals surface area (Å²) in [4.78, 5) is 2.53. The quantitative estimate of drug-likeness (QED) is 0.516. The van der Waals surface area contributed by atoms with Crippen molar-refractivity contribution in [2.45, 2.75) is 38.8 Å². The van der Waals surface area contributed by atoms with Crippen LogP contribution in [0.4, 0.5) is 0 Å². The maximum Gasteiger partial charge on any atom is 0.0193 e. The summed E-state index contributed by atoms with van der Waals surface area (Å²) < 4.78 is 0. The molecule has 2 atom stereocenters. The van der Waals surface area contributed by atoms with Gasteiger partial charge in [-0.2, -0.15) is 0 Å². The van der Waals surface area contributed by atoms with Crippen molar-refractivity contribution in [3.63, 3.8) is 0 Å². The number of hydrogen-bond acceptors (Lipinski definition) is 2. The first kappa shape index (κ1) is 10.6. The molecule has 0 saturated carbocycles. The molecule has 0 aromatic heterocycles. The third kappa shape index (κ3) is 3.38. The summed E-state index contributed by atoms with van der Waals surface area (Å²) in [7, 11) is 0. The Balaban J connectivity index is 2.26. The summed E-state index contributed by atoms with van der Waals surface area (Å²) in [5.74, 6) is 2.69. The van der Waals surface area contributed by atoms with Crippen LogP contribution in [-0.4, -0.2) is 36.6 Å². The van der Waals surface area contributed by atoms with E-state index in [9.17, 15) is 0 Å². The highest BCUT2D eigenvalue weighted by atomic mass is 15.2. The molecule has 0 amide bonds. The Morgan fingerprint density at radius 3 is 3.00 bits per heavy atom. The molecule has 2 nitrogen and oxygen atoms in total. The van der Waals surface area contributed by atoms with E-state index >= 15 is 0 Å². The van der Waals surface area contributed by atoms with E-state index in [0.717, 1.165) is 32.5 Å². The number of terminal acetylenes is 1. The number of nitrogens with zero attached hydrogens (tertiary/aromatic N) is 1. The van der Waals surface area contributed by atoms with Gasteiger partial charge in [-0.05, 0) is 26.8 Å². The minimum Gasteiger partial charge on any atom is -0.311 e. The molecule has 74 valence electrons. The molecule has 0 bridgehead atoms. The summed E-state index contributed by atoms with van der Waals surface area (Å²) in [6.45, 7) is 7.93. The van der Waals surface area contributed by atoms with Crippen LogP contribution in [0.3, 0.4) is 0 Å². The molecular formula is C11H20N2.